The first-order valence-electron chi connectivity index (χ1n) is 10.2. The topological polar surface area (TPSA) is 109 Å². The SMILES string of the molecule is Cc1ccc(N2C(=O)NC(=O)/C(=C/c3cc(C)n(-c4ccc(C(=O)O)cc4)c3C)C2=O)cc1. The molecule has 1 fully saturated rings. The van der Waals surface area contributed by atoms with Gasteiger partial charge < -0.3 is 9.67 Å². The smallest absolute Gasteiger partial charge is 0.335 e. The predicted molar refractivity (Wildman–Crippen MR) is 122 cm³/mol. The predicted octanol–water partition coefficient (Wildman–Crippen LogP) is 3.77. The van der Waals surface area contributed by atoms with Crippen molar-refractivity contribution in [2.24, 2.45) is 0 Å². The van der Waals surface area contributed by atoms with Crippen molar-refractivity contribution in [3.63, 3.8) is 0 Å². The highest BCUT2D eigenvalue weighted by Crippen LogP contribution is 2.26. The minimum Gasteiger partial charge on any atom is -0.478 e. The molecule has 1 saturated heterocycles. The zero-order chi connectivity index (χ0) is 23.9. The van der Waals surface area contributed by atoms with E-state index in [-0.39, 0.29) is 11.1 Å². The lowest BCUT2D eigenvalue weighted by Gasteiger charge is -2.26. The van der Waals surface area contributed by atoms with Gasteiger partial charge in [-0.05, 0) is 74.9 Å². The number of aromatic nitrogens is 1. The number of hydrogen-bond donors (Lipinski definition) is 2. The molecule has 1 aliphatic rings. The third-order valence-corrected chi connectivity index (χ3v) is 5.54. The highest BCUT2D eigenvalue weighted by Gasteiger charge is 2.37. The molecule has 2 N–H and O–H groups in total. The van der Waals surface area contributed by atoms with E-state index < -0.39 is 23.8 Å². The molecule has 33 heavy (non-hydrogen) atoms. The van der Waals surface area contributed by atoms with Crippen LogP contribution in [0.4, 0.5) is 10.5 Å². The normalized spacial score (nSPS) is 15.2. The number of carbonyl (C=O) groups excluding carboxylic acids is 3. The first-order valence-corrected chi connectivity index (χ1v) is 10.2. The largest absolute Gasteiger partial charge is 0.478 e. The summed E-state index contributed by atoms with van der Waals surface area (Å²) in [6, 6.07) is 14.3. The van der Waals surface area contributed by atoms with Crippen molar-refractivity contribution >= 4 is 35.6 Å². The van der Waals surface area contributed by atoms with Gasteiger partial charge in [0.05, 0.1) is 11.3 Å². The van der Waals surface area contributed by atoms with Crippen LogP contribution in [0.5, 0.6) is 0 Å². The second-order valence-corrected chi connectivity index (χ2v) is 7.81. The summed E-state index contributed by atoms with van der Waals surface area (Å²) in [4.78, 5) is 50.1. The molecule has 0 unspecified atom stereocenters. The maximum absolute atomic E-state index is 13.1. The quantitative estimate of drug-likeness (QED) is 0.471. The molecule has 1 aromatic heterocycles. The lowest BCUT2D eigenvalue weighted by Crippen LogP contribution is -2.54. The second kappa shape index (κ2) is 8.23. The molecule has 0 spiro atoms. The Labute approximate surface area is 189 Å². The van der Waals surface area contributed by atoms with Crippen LogP contribution in [0.15, 0.2) is 60.2 Å². The maximum Gasteiger partial charge on any atom is 0.335 e. The number of imide groups is 2. The highest BCUT2D eigenvalue weighted by molar-refractivity contribution is 6.39. The summed E-state index contributed by atoms with van der Waals surface area (Å²) in [5, 5.41) is 11.3. The van der Waals surface area contributed by atoms with Crippen LogP contribution >= 0.6 is 0 Å². The standard InChI is InChI=1S/C25H21N3O5/c1-14-4-8-20(9-5-14)28-23(30)21(22(29)26-25(28)33)13-18-12-15(2)27(16(18)3)19-10-6-17(7-11-19)24(31)32/h4-13H,1-3H3,(H,31,32)(H,26,29,33)/b21-13-. The van der Waals surface area contributed by atoms with Gasteiger partial charge in [-0.1, -0.05) is 17.7 Å². The van der Waals surface area contributed by atoms with Crippen molar-refractivity contribution in [1.29, 1.82) is 0 Å². The van der Waals surface area contributed by atoms with Crippen molar-refractivity contribution in [1.82, 2.24) is 9.88 Å². The number of barbiturate groups is 1. The number of nitrogens with one attached hydrogen (secondary N) is 1. The van der Waals surface area contributed by atoms with E-state index in [9.17, 15) is 19.2 Å². The number of aryl methyl sites for hydroxylation is 2. The van der Waals surface area contributed by atoms with E-state index >= 15 is 0 Å². The monoisotopic (exact) mass is 443 g/mol. The Morgan fingerprint density at radius 3 is 2.12 bits per heavy atom. The summed E-state index contributed by atoms with van der Waals surface area (Å²) in [5.74, 6) is -2.48. The van der Waals surface area contributed by atoms with Gasteiger partial charge in [0.15, 0.2) is 0 Å². The molecule has 1 aliphatic heterocycles. The van der Waals surface area contributed by atoms with E-state index in [1.807, 2.05) is 31.4 Å². The minimum absolute atomic E-state index is 0.156. The Balaban J connectivity index is 1.73. The number of rotatable bonds is 4. The molecule has 0 aliphatic carbocycles. The molecule has 0 bridgehead atoms. The number of nitrogens with zero attached hydrogens (tertiary/aromatic N) is 2. The number of carboxylic acid groups (broad SMARTS) is 1. The first kappa shape index (κ1) is 21.8. The summed E-state index contributed by atoms with van der Waals surface area (Å²) in [6.07, 6.45) is 1.47. The fourth-order valence-electron chi connectivity index (χ4n) is 3.83. The van der Waals surface area contributed by atoms with Gasteiger partial charge >= 0.3 is 12.0 Å². The van der Waals surface area contributed by atoms with Crippen LogP contribution in [-0.4, -0.2) is 33.5 Å². The summed E-state index contributed by atoms with van der Waals surface area (Å²) in [5.41, 5.74) is 4.32. The van der Waals surface area contributed by atoms with Gasteiger partial charge in [0.2, 0.25) is 0 Å². The molecule has 0 saturated carbocycles. The van der Waals surface area contributed by atoms with Gasteiger partial charge in [-0.2, -0.15) is 0 Å². The van der Waals surface area contributed by atoms with E-state index in [4.69, 9.17) is 5.11 Å². The maximum atomic E-state index is 13.1. The molecule has 2 heterocycles. The minimum atomic E-state index is -1.01. The Morgan fingerprint density at radius 2 is 1.52 bits per heavy atom. The number of anilines is 1. The molecule has 8 nitrogen and oxygen atoms in total. The van der Waals surface area contributed by atoms with Gasteiger partial charge in [-0.3, -0.25) is 14.9 Å². The molecule has 0 atom stereocenters. The van der Waals surface area contributed by atoms with Crippen LogP contribution < -0.4 is 10.2 Å². The summed E-state index contributed by atoms with van der Waals surface area (Å²) >= 11 is 0. The number of hydrogen-bond acceptors (Lipinski definition) is 4. The Kier molecular flexibility index (Phi) is 5.43. The molecule has 8 heteroatoms. The fraction of sp³-hybridized carbons (Fsp3) is 0.120. The van der Waals surface area contributed by atoms with Crippen LogP contribution in [0.25, 0.3) is 11.8 Å². The summed E-state index contributed by atoms with van der Waals surface area (Å²) < 4.78 is 1.89. The van der Waals surface area contributed by atoms with E-state index in [0.717, 1.165) is 27.5 Å². The van der Waals surface area contributed by atoms with Crippen molar-refractivity contribution < 1.29 is 24.3 Å². The molecule has 3 aromatic rings. The second-order valence-electron chi connectivity index (χ2n) is 7.81. The molecule has 2 aromatic carbocycles. The van der Waals surface area contributed by atoms with Gasteiger partial charge in [0, 0.05) is 17.1 Å². The third-order valence-electron chi connectivity index (χ3n) is 5.54. The van der Waals surface area contributed by atoms with E-state index in [1.54, 1.807) is 36.4 Å². The number of benzene rings is 2. The highest BCUT2D eigenvalue weighted by atomic mass is 16.4. The number of carbonyl (C=O) groups is 4. The molecular weight excluding hydrogens is 422 g/mol. The van der Waals surface area contributed by atoms with E-state index in [1.165, 1.54) is 18.2 Å². The third kappa shape index (κ3) is 3.94. The number of urea groups is 1. The first-order chi connectivity index (χ1) is 15.7. The molecule has 4 amide bonds. The van der Waals surface area contributed by atoms with Crippen molar-refractivity contribution in [2.75, 3.05) is 4.90 Å². The number of amides is 4. The molecule has 4 rings (SSSR count). The Bertz CT molecular complexity index is 1330. The molecule has 0 radical (unpaired) electrons. The van der Waals surface area contributed by atoms with Crippen molar-refractivity contribution in [3.05, 3.63) is 88.2 Å². The van der Waals surface area contributed by atoms with E-state index in [2.05, 4.69) is 5.32 Å². The van der Waals surface area contributed by atoms with Gasteiger partial charge in [-0.25, -0.2) is 14.5 Å². The van der Waals surface area contributed by atoms with Crippen LogP contribution in [0.2, 0.25) is 0 Å². The number of aromatic carboxylic acids is 1. The van der Waals surface area contributed by atoms with Crippen LogP contribution in [0.3, 0.4) is 0 Å². The lowest BCUT2D eigenvalue weighted by atomic mass is 10.1. The van der Waals surface area contributed by atoms with Gasteiger partial charge in [-0.15, -0.1) is 0 Å². The van der Waals surface area contributed by atoms with Gasteiger partial charge in [0.1, 0.15) is 5.57 Å². The Morgan fingerprint density at radius 1 is 0.909 bits per heavy atom. The van der Waals surface area contributed by atoms with Crippen LogP contribution in [0, 0.1) is 20.8 Å². The lowest BCUT2D eigenvalue weighted by molar-refractivity contribution is -0.122. The zero-order valence-corrected chi connectivity index (χ0v) is 18.2. The van der Waals surface area contributed by atoms with Crippen molar-refractivity contribution in [3.8, 4) is 5.69 Å². The zero-order valence-electron chi connectivity index (χ0n) is 18.2. The molecule has 166 valence electrons. The van der Waals surface area contributed by atoms with Crippen LogP contribution in [-0.2, 0) is 9.59 Å². The summed E-state index contributed by atoms with van der Waals surface area (Å²) in [7, 11) is 0. The average molecular weight is 443 g/mol. The van der Waals surface area contributed by atoms with Gasteiger partial charge in [0.25, 0.3) is 11.8 Å². The Hall–Kier alpha value is -4.46. The van der Waals surface area contributed by atoms with Crippen LogP contribution in [0.1, 0.15) is 32.9 Å². The number of carboxylic acids is 1. The summed E-state index contributed by atoms with van der Waals surface area (Å²) in [6.45, 7) is 5.59. The fourth-order valence-corrected chi connectivity index (χ4v) is 3.83. The average Bonchev–Trinajstić information content (AvgIpc) is 3.05. The van der Waals surface area contributed by atoms with Crippen molar-refractivity contribution in [2.45, 2.75) is 20.8 Å². The molecular formula is C25H21N3O5. The van der Waals surface area contributed by atoms with E-state index in [0.29, 0.717) is 11.3 Å².